The summed E-state index contributed by atoms with van der Waals surface area (Å²) in [6, 6.07) is 14.8. The second-order valence-electron chi connectivity index (χ2n) is 10.7. The number of hydroxylamine groups is 1. The molecule has 1 aliphatic rings. The molecule has 0 radical (unpaired) electrons. The van der Waals surface area contributed by atoms with Crippen LogP contribution >= 0.6 is 0 Å². The van der Waals surface area contributed by atoms with Gasteiger partial charge < -0.3 is 19.9 Å². The van der Waals surface area contributed by atoms with Gasteiger partial charge in [-0.3, -0.25) is 24.4 Å². The number of rotatable bonds is 13. The molecule has 0 spiro atoms. The van der Waals surface area contributed by atoms with E-state index in [2.05, 4.69) is 19.9 Å². The molecule has 3 amide bonds. The summed E-state index contributed by atoms with van der Waals surface area (Å²) in [4.78, 5) is 53.7. The van der Waals surface area contributed by atoms with Crippen LogP contribution in [-0.2, 0) is 32.1 Å². The Balaban J connectivity index is 1.68. The number of carbonyl (C=O) groups is 4. The standard InChI is InChI=1S/C31H39N5O6/c1-42-29(39)19-32-31(40)23-13-15-26-25(18-23)34-30(36(26)20-22-10-6-3-7-11-22)24(14-12-21-8-4-2-5-9-21)33-27(37)16-17-28(38)35-41/h2,4-5,8-9,13,15,18,22,24,41H,3,6-7,10-12,14,16-17,19-20H2,1H3,(H,32,40)(H,33,37)(H,35,38). The third-order valence-corrected chi connectivity index (χ3v) is 7.74. The van der Waals surface area contributed by atoms with Crippen molar-refractivity contribution < 1.29 is 29.1 Å². The Labute approximate surface area is 245 Å². The zero-order valence-electron chi connectivity index (χ0n) is 23.9. The highest BCUT2D eigenvalue weighted by atomic mass is 16.5. The SMILES string of the molecule is COC(=O)CNC(=O)c1ccc2c(c1)nc(C(CCc1ccccc1)NC(=O)CCC(=O)NO)n2CC1CCCCC1. The van der Waals surface area contributed by atoms with Crippen LogP contribution in [0.4, 0.5) is 0 Å². The minimum atomic E-state index is -0.631. The van der Waals surface area contributed by atoms with Crippen LogP contribution in [0.3, 0.4) is 0 Å². The van der Waals surface area contributed by atoms with Gasteiger partial charge in [-0.1, -0.05) is 49.6 Å². The summed E-state index contributed by atoms with van der Waals surface area (Å²) in [5.41, 5.74) is 4.52. The Morgan fingerprint density at radius 3 is 2.48 bits per heavy atom. The van der Waals surface area contributed by atoms with Crippen molar-refractivity contribution >= 4 is 34.7 Å². The first-order chi connectivity index (χ1) is 20.4. The molecule has 1 aromatic heterocycles. The second kappa shape index (κ2) is 15.1. The molecule has 2 aromatic carbocycles. The van der Waals surface area contributed by atoms with Gasteiger partial charge in [0, 0.05) is 24.9 Å². The van der Waals surface area contributed by atoms with E-state index < -0.39 is 23.8 Å². The summed E-state index contributed by atoms with van der Waals surface area (Å²) in [7, 11) is 1.26. The van der Waals surface area contributed by atoms with Crippen LogP contribution in [0.2, 0.25) is 0 Å². The number of imidazole rings is 1. The second-order valence-corrected chi connectivity index (χ2v) is 10.7. The van der Waals surface area contributed by atoms with Crippen LogP contribution in [0.5, 0.6) is 0 Å². The number of hydrogen-bond donors (Lipinski definition) is 4. The van der Waals surface area contributed by atoms with Crippen molar-refractivity contribution in [2.75, 3.05) is 13.7 Å². The van der Waals surface area contributed by atoms with Gasteiger partial charge in [-0.05, 0) is 55.4 Å². The van der Waals surface area contributed by atoms with E-state index >= 15 is 0 Å². The van der Waals surface area contributed by atoms with Crippen LogP contribution in [-0.4, -0.2) is 52.1 Å². The van der Waals surface area contributed by atoms with Crippen molar-refractivity contribution in [3.63, 3.8) is 0 Å². The Kier molecular flexibility index (Phi) is 11.0. The number of fused-ring (bicyclic) bond motifs is 1. The van der Waals surface area contributed by atoms with E-state index in [9.17, 15) is 19.2 Å². The third kappa shape index (κ3) is 8.39. The van der Waals surface area contributed by atoms with Gasteiger partial charge in [0.2, 0.25) is 11.8 Å². The van der Waals surface area contributed by atoms with Crippen molar-refractivity contribution in [1.82, 2.24) is 25.7 Å². The van der Waals surface area contributed by atoms with Crippen LogP contribution in [0.15, 0.2) is 48.5 Å². The van der Waals surface area contributed by atoms with Crippen LogP contribution < -0.4 is 16.1 Å². The van der Waals surface area contributed by atoms with Gasteiger partial charge in [-0.2, -0.15) is 0 Å². The van der Waals surface area contributed by atoms with Crippen molar-refractivity contribution in [3.8, 4) is 0 Å². The number of aryl methyl sites for hydroxylation is 1. The monoisotopic (exact) mass is 577 g/mol. The highest BCUT2D eigenvalue weighted by molar-refractivity contribution is 5.98. The molecule has 11 heteroatoms. The highest BCUT2D eigenvalue weighted by Gasteiger charge is 2.25. The molecule has 0 aliphatic heterocycles. The van der Waals surface area contributed by atoms with Crippen LogP contribution in [0, 0.1) is 5.92 Å². The number of ether oxygens (including phenoxy) is 1. The number of aromatic nitrogens is 2. The van der Waals surface area contributed by atoms with E-state index in [4.69, 9.17) is 10.2 Å². The first-order valence-corrected chi connectivity index (χ1v) is 14.5. The summed E-state index contributed by atoms with van der Waals surface area (Å²) in [6.07, 6.45) is 6.86. The molecule has 4 rings (SSSR count). The van der Waals surface area contributed by atoms with Crippen molar-refractivity contribution in [2.24, 2.45) is 5.92 Å². The molecule has 1 aliphatic carbocycles. The van der Waals surface area contributed by atoms with Gasteiger partial charge in [0.25, 0.3) is 5.91 Å². The summed E-state index contributed by atoms with van der Waals surface area (Å²) < 4.78 is 6.77. The smallest absolute Gasteiger partial charge is 0.325 e. The lowest BCUT2D eigenvalue weighted by Crippen LogP contribution is -2.32. The molecule has 1 heterocycles. The fourth-order valence-corrected chi connectivity index (χ4v) is 5.47. The molecule has 11 nitrogen and oxygen atoms in total. The van der Waals surface area contributed by atoms with Crippen molar-refractivity contribution in [1.29, 1.82) is 0 Å². The fourth-order valence-electron chi connectivity index (χ4n) is 5.47. The lowest BCUT2D eigenvalue weighted by Gasteiger charge is -2.25. The summed E-state index contributed by atoms with van der Waals surface area (Å²) in [6.45, 7) is 0.501. The maximum Gasteiger partial charge on any atom is 0.325 e. The highest BCUT2D eigenvalue weighted by Crippen LogP contribution is 2.31. The molecule has 0 bridgehead atoms. The quantitative estimate of drug-likeness (QED) is 0.138. The topological polar surface area (TPSA) is 152 Å². The number of hydrogen-bond acceptors (Lipinski definition) is 7. The minimum Gasteiger partial charge on any atom is -0.468 e. The molecule has 1 fully saturated rings. The maximum atomic E-state index is 13.0. The number of carbonyl (C=O) groups excluding carboxylic acids is 4. The predicted octanol–water partition coefficient (Wildman–Crippen LogP) is 3.60. The van der Waals surface area contributed by atoms with Gasteiger partial charge in [0.1, 0.15) is 12.4 Å². The number of nitrogens with zero attached hydrogens (tertiary/aromatic N) is 2. The lowest BCUT2D eigenvalue weighted by atomic mass is 9.89. The van der Waals surface area contributed by atoms with E-state index in [1.165, 1.54) is 26.4 Å². The van der Waals surface area contributed by atoms with E-state index in [0.717, 1.165) is 30.5 Å². The molecule has 42 heavy (non-hydrogen) atoms. The molecule has 4 N–H and O–H groups in total. The molecule has 0 saturated heterocycles. The van der Waals surface area contributed by atoms with Crippen molar-refractivity contribution in [2.45, 2.75) is 70.4 Å². The van der Waals surface area contributed by atoms with E-state index in [0.29, 0.717) is 35.7 Å². The molecule has 3 aromatic rings. The average molecular weight is 578 g/mol. The summed E-state index contributed by atoms with van der Waals surface area (Å²) in [5, 5.41) is 14.5. The van der Waals surface area contributed by atoms with E-state index in [1.54, 1.807) is 17.6 Å². The lowest BCUT2D eigenvalue weighted by molar-refractivity contribution is -0.139. The van der Waals surface area contributed by atoms with Gasteiger partial charge in [0.05, 0.1) is 24.2 Å². The van der Waals surface area contributed by atoms with Gasteiger partial charge in [0.15, 0.2) is 0 Å². The Morgan fingerprint density at radius 1 is 1.02 bits per heavy atom. The van der Waals surface area contributed by atoms with Crippen LogP contribution in [0.25, 0.3) is 11.0 Å². The predicted molar refractivity (Wildman–Crippen MR) is 155 cm³/mol. The molecular formula is C31H39N5O6. The number of esters is 1. The molecule has 1 unspecified atom stereocenters. The summed E-state index contributed by atoms with van der Waals surface area (Å²) in [5.74, 6) is -0.752. The van der Waals surface area contributed by atoms with E-state index in [1.807, 2.05) is 36.4 Å². The number of nitrogens with one attached hydrogen (secondary N) is 3. The van der Waals surface area contributed by atoms with E-state index in [-0.39, 0.29) is 25.3 Å². The largest absolute Gasteiger partial charge is 0.468 e. The Morgan fingerprint density at radius 2 is 1.76 bits per heavy atom. The molecule has 224 valence electrons. The first-order valence-electron chi connectivity index (χ1n) is 14.5. The first kappa shape index (κ1) is 30.7. The molecular weight excluding hydrogens is 538 g/mol. The third-order valence-electron chi connectivity index (χ3n) is 7.74. The summed E-state index contributed by atoms with van der Waals surface area (Å²) >= 11 is 0. The zero-order valence-corrected chi connectivity index (χ0v) is 23.9. The zero-order chi connectivity index (χ0) is 29.9. The number of methoxy groups -OCH3 is 1. The average Bonchev–Trinajstić information content (AvgIpc) is 3.38. The molecule has 1 saturated carbocycles. The van der Waals surface area contributed by atoms with Gasteiger partial charge in [-0.25, -0.2) is 10.5 Å². The molecule has 1 atom stereocenters. The van der Waals surface area contributed by atoms with Gasteiger partial charge in [-0.15, -0.1) is 0 Å². The maximum absolute atomic E-state index is 13.0. The Bertz CT molecular complexity index is 1380. The number of benzene rings is 2. The normalized spacial score (nSPS) is 14.2. The van der Waals surface area contributed by atoms with Crippen LogP contribution in [0.1, 0.15) is 79.2 Å². The van der Waals surface area contributed by atoms with Crippen molar-refractivity contribution in [3.05, 3.63) is 65.5 Å². The van der Waals surface area contributed by atoms with Gasteiger partial charge >= 0.3 is 5.97 Å². The fraction of sp³-hybridized carbons (Fsp3) is 0.452. The Hall–Kier alpha value is -4.25. The minimum absolute atomic E-state index is 0.0817. The number of amides is 3.